The Morgan fingerprint density at radius 2 is 1.59 bits per heavy atom. The van der Waals surface area contributed by atoms with Gasteiger partial charge in [-0.1, -0.05) is 30.3 Å². The molecule has 6 nitrogen and oxygen atoms in total. The van der Waals surface area contributed by atoms with Crippen LogP contribution < -0.4 is 15.5 Å². The van der Waals surface area contributed by atoms with Gasteiger partial charge in [-0.05, 0) is 42.5 Å². The number of ether oxygens (including phenoxy) is 1. The summed E-state index contributed by atoms with van der Waals surface area (Å²) in [7, 11) is 0. The monoisotopic (exact) mass is 470 g/mol. The molecule has 0 saturated carbocycles. The van der Waals surface area contributed by atoms with Gasteiger partial charge in [-0.15, -0.1) is 0 Å². The molecule has 1 aromatic heterocycles. The number of para-hydroxylation sites is 2. The fraction of sp³-hybridized carbons (Fsp3) is 0.200. The first-order valence-corrected chi connectivity index (χ1v) is 10.5. The van der Waals surface area contributed by atoms with Crippen molar-refractivity contribution in [3.63, 3.8) is 0 Å². The number of carbonyl (C=O) groups is 1. The summed E-state index contributed by atoms with van der Waals surface area (Å²) in [6, 6.07) is 18.3. The maximum atomic E-state index is 12.8. The Labute approximate surface area is 192 Å². The van der Waals surface area contributed by atoms with Crippen LogP contribution in [0.15, 0.2) is 77.6 Å². The van der Waals surface area contributed by atoms with Gasteiger partial charge in [0.25, 0.3) is 0 Å². The molecule has 4 aromatic rings. The second-order valence-corrected chi connectivity index (χ2v) is 7.74. The van der Waals surface area contributed by atoms with E-state index in [2.05, 4.69) is 5.32 Å². The fourth-order valence-corrected chi connectivity index (χ4v) is 3.69. The van der Waals surface area contributed by atoms with E-state index < -0.39 is 23.8 Å². The van der Waals surface area contributed by atoms with Crippen molar-refractivity contribution in [3.8, 4) is 5.75 Å². The molecule has 1 unspecified atom stereocenters. The molecule has 0 fully saturated rings. The molecule has 1 heterocycles. The molecule has 0 spiro atoms. The van der Waals surface area contributed by atoms with Gasteiger partial charge in [0, 0.05) is 17.3 Å². The number of hydrogen-bond donors (Lipinski definition) is 2. The summed E-state index contributed by atoms with van der Waals surface area (Å²) >= 11 is 0. The van der Waals surface area contributed by atoms with E-state index in [1.165, 1.54) is 12.1 Å². The number of nitrogens with one attached hydrogen (secondary N) is 1. The molecule has 4 rings (SSSR count). The zero-order valence-corrected chi connectivity index (χ0v) is 17.9. The third-order valence-electron chi connectivity index (χ3n) is 5.32. The highest BCUT2D eigenvalue weighted by Gasteiger charge is 2.30. The normalized spacial score (nSPS) is 12.6. The van der Waals surface area contributed by atoms with E-state index in [-0.39, 0.29) is 30.9 Å². The highest BCUT2D eigenvalue weighted by atomic mass is 19.4. The number of hydrogen-bond acceptors (Lipinski definition) is 4. The number of amides is 1. The summed E-state index contributed by atoms with van der Waals surface area (Å²) in [6.07, 6.45) is -5.64. The average molecular weight is 470 g/mol. The third kappa shape index (κ3) is 5.04. The van der Waals surface area contributed by atoms with Gasteiger partial charge in [0.15, 0.2) is 5.43 Å². The summed E-state index contributed by atoms with van der Waals surface area (Å²) in [6.45, 7) is -0.554. The number of aliphatic hydroxyl groups is 1. The van der Waals surface area contributed by atoms with Gasteiger partial charge in [0.1, 0.15) is 25.0 Å². The van der Waals surface area contributed by atoms with Gasteiger partial charge in [-0.3, -0.25) is 9.59 Å². The van der Waals surface area contributed by atoms with E-state index >= 15 is 0 Å². The van der Waals surface area contributed by atoms with Crippen LogP contribution in [-0.2, 0) is 17.5 Å². The van der Waals surface area contributed by atoms with E-state index in [1.807, 2.05) is 0 Å². The summed E-state index contributed by atoms with van der Waals surface area (Å²) in [4.78, 5) is 25.4. The van der Waals surface area contributed by atoms with Crippen molar-refractivity contribution in [3.05, 3.63) is 88.6 Å². The molecule has 3 aromatic carbocycles. The van der Waals surface area contributed by atoms with Gasteiger partial charge in [-0.25, -0.2) is 0 Å². The fourth-order valence-electron chi connectivity index (χ4n) is 3.69. The Morgan fingerprint density at radius 1 is 0.971 bits per heavy atom. The Hall–Kier alpha value is -3.85. The number of benzene rings is 3. The van der Waals surface area contributed by atoms with Crippen LogP contribution in [0.5, 0.6) is 5.75 Å². The topological polar surface area (TPSA) is 80.6 Å². The number of carbonyl (C=O) groups excluding carboxylic acids is 1. The van der Waals surface area contributed by atoms with Gasteiger partial charge in [-0.2, -0.15) is 13.2 Å². The maximum absolute atomic E-state index is 12.8. The van der Waals surface area contributed by atoms with E-state index in [4.69, 9.17) is 4.74 Å². The zero-order valence-electron chi connectivity index (χ0n) is 17.9. The van der Waals surface area contributed by atoms with Crippen molar-refractivity contribution in [1.82, 2.24) is 9.88 Å². The Kier molecular flexibility index (Phi) is 6.56. The number of halogens is 3. The van der Waals surface area contributed by atoms with E-state index in [1.54, 1.807) is 53.1 Å². The maximum Gasteiger partial charge on any atom is 0.416 e. The number of pyridine rings is 1. The minimum Gasteiger partial charge on any atom is -0.491 e. The molecule has 0 aliphatic carbocycles. The highest BCUT2D eigenvalue weighted by molar-refractivity contribution is 5.94. The summed E-state index contributed by atoms with van der Waals surface area (Å²) < 4.78 is 45.4. The molecule has 1 amide bonds. The van der Waals surface area contributed by atoms with E-state index in [0.717, 1.165) is 12.1 Å². The second kappa shape index (κ2) is 9.56. The first kappa shape index (κ1) is 23.3. The van der Waals surface area contributed by atoms with Gasteiger partial charge in [0.05, 0.1) is 16.6 Å². The number of fused-ring (bicyclic) bond motifs is 2. The quantitative estimate of drug-likeness (QED) is 0.404. The van der Waals surface area contributed by atoms with Crippen LogP contribution in [0.3, 0.4) is 0 Å². The van der Waals surface area contributed by atoms with Crippen LogP contribution >= 0.6 is 0 Å². The number of rotatable bonds is 7. The molecule has 176 valence electrons. The number of alkyl halides is 3. The van der Waals surface area contributed by atoms with Crippen LogP contribution in [0, 0.1) is 0 Å². The van der Waals surface area contributed by atoms with Crippen LogP contribution in [-0.4, -0.2) is 34.8 Å². The first-order chi connectivity index (χ1) is 16.2. The molecule has 1 atom stereocenters. The van der Waals surface area contributed by atoms with Crippen LogP contribution in [0.4, 0.5) is 13.2 Å². The first-order valence-electron chi connectivity index (χ1n) is 10.5. The smallest absolute Gasteiger partial charge is 0.416 e. The summed E-state index contributed by atoms with van der Waals surface area (Å²) in [5.41, 5.74) is 0.239. The highest BCUT2D eigenvalue weighted by Crippen LogP contribution is 2.31. The lowest BCUT2D eigenvalue weighted by atomic mass is 10.1. The van der Waals surface area contributed by atoms with Crippen molar-refractivity contribution in [2.75, 3.05) is 13.2 Å². The molecule has 0 saturated heterocycles. The number of nitrogens with zero attached hydrogens (tertiary/aromatic N) is 1. The standard InChI is InChI=1S/C25H21F3N2O4/c26-25(27,28)16-6-5-7-18(12-16)34-15-17(31)13-29-23(32)14-30-21-10-3-1-8-19(21)24(33)20-9-2-4-11-22(20)30/h1-12,17,31H,13-15H2,(H,29,32). The summed E-state index contributed by atoms with van der Waals surface area (Å²) in [5.74, 6) is -0.441. The third-order valence-corrected chi connectivity index (χ3v) is 5.32. The van der Waals surface area contributed by atoms with E-state index in [9.17, 15) is 27.9 Å². The predicted octanol–water partition coefficient (Wildman–Crippen LogP) is 3.73. The minimum atomic E-state index is -4.50. The van der Waals surface area contributed by atoms with Gasteiger partial charge in [0.2, 0.25) is 5.91 Å². The SMILES string of the molecule is O=C(Cn1c2ccccc2c(=O)c2ccccc21)NCC(O)COc1cccc(C(F)(F)F)c1. The molecule has 34 heavy (non-hydrogen) atoms. The van der Waals surface area contributed by atoms with Crippen molar-refractivity contribution < 1.29 is 27.8 Å². The van der Waals surface area contributed by atoms with Gasteiger partial charge < -0.3 is 19.7 Å². The number of aliphatic hydroxyl groups excluding tert-OH is 1. The van der Waals surface area contributed by atoms with Crippen molar-refractivity contribution in [2.45, 2.75) is 18.8 Å². The second-order valence-electron chi connectivity index (χ2n) is 7.74. The van der Waals surface area contributed by atoms with E-state index in [0.29, 0.717) is 21.8 Å². The molecule has 9 heteroatoms. The average Bonchev–Trinajstić information content (AvgIpc) is 2.83. The molecule has 0 aliphatic rings. The Bertz CT molecular complexity index is 1340. The molecule has 0 bridgehead atoms. The van der Waals surface area contributed by atoms with Gasteiger partial charge >= 0.3 is 6.18 Å². The zero-order chi connectivity index (χ0) is 24.3. The molecule has 0 aliphatic heterocycles. The Morgan fingerprint density at radius 3 is 2.21 bits per heavy atom. The largest absolute Gasteiger partial charge is 0.491 e. The summed E-state index contributed by atoms with van der Waals surface area (Å²) in [5, 5.41) is 13.7. The molecular formula is C25H21F3N2O4. The van der Waals surface area contributed by atoms with Crippen molar-refractivity contribution in [1.29, 1.82) is 0 Å². The lowest BCUT2D eigenvalue weighted by molar-refractivity contribution is -0.137. The van der Waals surface area contributed by atoms with Crippen LogP contribution in [0.2, 0.25) is 0 Å². The van der Waals surface area contributed by atoms with Crippen LogP contribution in [0.1, 0.15) is 5.56 Å². The predicted molar refractivity (Wildman–Crippen MR) is 122 cm³/mol. The number of aromatic nitrogens is 1. The van der Waals surface area contributed by atoms with Crippen LogP contribution in [0.25, 0.3) is 21.8 Å². The van der Waals surface area contributed by atoms with Crippen molar-refractivity contribution >= 4 is 27.7 Å². The Balaban J connectivity index is 1.42. The lowest BCUT2D eigenvalue weighted by Crippen LogP contribution is -2.37. The lowest BCUT2D eigenvalue weighted by Gasteiger charge is -2.17. The molecule has 2 N–H and O–H groups in total. The minimum absolute atomic E-state index is 0.0357. The van der Waals surface area contributed by atoms with Crippen molar-refractivity contribution in [2.24, 2.45) is 0 Å². The molecular weight excluding hydrogens is 449 g/mol. The molecule has 0 radical (unpaired) electrons.